The molecule has 17 heavy (non-hydrogen) atoms. The number of carbonyl (C=O) groups excluding carboxylic acids is 1. The van der Waals surface area contributed by atoms with Gasteiger partial charge in [-0.2, -0.15) is 0 Å². The molecule has 86 valence electrons. The van der Waals surface area contributed by atoms with Crippen molar-refractivity contribution in [2.75, 3.05) is 0 Å². The largest absolute Gasteiger partial charge is 0.469 e. The lowest BCUT2D eigenvalue weighted by molar-refractivity contribution is -0.103. The van der Waals surface area contributed by atoms with Gasteiger partial charge in [-0.25, -0.2) is 0 Å². The lowest BCUT2D eigenvalue weighted by Gasteiger charge is -2.00. The Bertz CT molecular complexity index is 510. The highest BCUT2D eigenvalue weighted by Crippen LogP contribution is 2.17. The highest BCUT2D eigenvalue weighted by molar-refractivity contribution is 9.10. The standard InChI is InChI=1S/C14H11BrO2/c15-13-6-3-11(4-7-13)12(10-16)5-8-14-2-1-9-17-14/h1-7,9-10H,8H2. The summed E-state index contributed by atoms with van der Waals surface area (Å²) in [4.78, 5) is 11.0. The summed E-state index contributed by atoms with van der Waals surface area (Å²) in [5.41, 5.74) is 1.59. The van der Waals surface area contributed by atoms with E-state index in [0.717, 1.165) is 22.1 Å². The van der Waals surface area contributed by atoms with Crippen molar-refractivity contribution in [3.63, 3.8) is 0 Å². The maximum atomic E-state index is 11.0. The van der Waals surface area contributed by atoms with Gasteiger partial charge in [0.05, 0.1) is 6.26 Å². The molecule has 3 heteroatoms. The molecule has 2 nitrogen and oxygen atoms in total. The van der Waals surface area contributed by atoms with E-state index >= 15 is 0 Å². The van der Waals surface area contributed by atoms with Crippen LogP contribution in [0.15, 0.2) is 57.6 Å². The van der Waals surface area contributed by atoms with E-state index in [1.165, 1.54) is 0 Å². The van der Waals surface area contributed by atoms with Crippen LogP contribution in [0, 0.1) is 0 Å². The third kappa shape index (κ3) is 3.17. The van der Waals surface area contributed by atoms with Gasteiger partial charge in [0.25, 0.3) is 0 Å². The fourth-order valence-electron chi connectivity index (χ4n) is 1.52. The zero-order valence-electron chi connectivity index (χ0n) is 9.10. The quantitative estimate of drug-likeness (QED) is 0.632. The monoisotopic (exact) mass is 290 g/mol. The normalized spacial score (nSPS) is 11.5. The van der Waals surface area contributed by atoms with Crippen molar-refractivity contribution in [1.82, 2.24) is 0 Å². The number of carbonyl (C=O) groups is 1. The Morgan fingerprint density at radius 1 is 1.24 bits per heavy atom. The second kappa shape index (κ2) is 5.64. The van der Waals surface area contributed by atoms with Crippen LogP contribution in [0.5, 0.6) is 0 Å². The van der Waals surface area contributed by atoms with Crippen LogP contribution in [-0.4, -0.2) is 6.29 Å². The predicted molar refractivity (Wildman–Crippen MR) is 70.6 cm³/mol. The molecule has 0 spiro atoms. The van der Waals surface area contributed by atoms with E-state index in [1.54, 1.807) is 6.26 Å². The Morgan fingerprint density at radius 2 is 2.00 bits per heavy atom. The van der Waals surface area contributed by atoms with E-state index < -0.39 is 0 Å². The predicted octanol–water partition coefficient (Wildman–Crippen LogP) is 3.87. The third-order valence-electron chi connectivity index (χ3n) is 2.41. The second-order valence-corrected chi connectivity index (χ2v) is 4.48. The van der Waals surface area contributed by atoms with Gasteiger partial charge in [0, 0.05) is 16.5 Å². The minimum atomic E-state index is 0.622. The van der Waals surface area contributed by atoms with Crippen LogP contribution >= 0.6 is 15.9 Å². The lowest BCUT2D eigenvalue weighted by atomic mass is 10.1. The molecular formula is C14H11BrO2. The SMILES string of the molecule is O=CC(=CCc1ccco1)c1ccc(Br)cc1. The minimum Gasteiger partial charge on any atom is -0.469 e. The zero-order valence-corrected chi connectivity index (χ0v) is 10.7. The van der Waals surface area contributed by atoms with Gasteiger partial charge in [-0.05, 0) is 29.8 Å². The van der Waals surface area contributed by atoms with Crippen LogP contribution in [0.25, 0.3) is 5.57 Å². The minimum absolute atomic E-state index is 0.622. The molecule has 0 atom stereocenters. The van der Waals surface area contributed by atoms with Crippen molar-refractivity contribution in [1.29, 1.82) is 0 Å². The van der Waals surface area contributed by atoms with Gasteiger partial charge in [0.15, 0.2) is 0 Å². The van der Waals surface area contributed by atoms with Gasteiger partial charge in [-0.3, -0.25) is 4.79 Å². The van der Waals surface area contributed by atoms with Crippen LogP contribution in [-0.2, 0) is 11.2 Å². The Morgan fingerprint density at radius 3 is 2.59 bits per heavy atom. The first-order chi connectivity index (χ1) is 8.29. The van der Waals surface area contributed by atoms with Crippen LogP contribution in [0.4, 0.5) is 0 Å². The van der Waals surface area contributed by atoms with E-state index in [-0.39, 0.29) is 0 Å². The molecule has 0 saturated heterocycles. The number of halogens is 1. The first-order valence-corrected chi connectivity index (χ1v) is 6.02. The molecule has 0 fully saturated rings. The molecule has 0 aliphatic heterocycles. The number of benzene rings is 1. The Labute approximate surface area is 108 Å². The molecule has 0 radical (unpaired) electrons. The van der Waals surface area contributed by atoms with Crippen molar-refractivity contribution in [2.45, 2.75) is 6.42 Å². The number of furan rings is 1. The van der Waals surface area contributed by atoms with Crippen molar-refractivity contribution >= 4 is 27.8 Å². The topological polar surface area (TPSA) is 30.2 Å². The van der Waals surface area contributed by atoms with E-state index in [1.807, 2.05) is 42.5 Å². The first-order valence-electron chi connectivity index (χ1n) is 5.23. The molecule has 0 amide bonds. The Balaban J connectivity index is 2.18. The summed E-state index contributed by atoms with van der Waals surface area (Å²) in [5, 5.41) is 0. The molecule has 1 aromatic carbocycles. The summed E-state index contributed by atoms with van der Waals surface area (Å²) in [7, 11) is 0. The van der Waals surface area contributed by atoms with Crippen molar-refractivity contribution in [3.8, 4) is 0 Å². The zero-order chi connectivity index (χ0) is 12.1. The number of hydrogen-bond acceptors (Lipinski definition) is 2. The van der Waals surface area contributed by atoms with Crippen LogP contribution in [0.1, 0.15) is 11.3 Å². The summed E-state index contributed by atoms with van der Waals surface area (Å²) in [5.74, 6) is 0.849. The highest BCUT2D eigenvalue weighted by atomic mass is 79.9. The van der Waals surface area contributed by atoms with E-state index in [9.17, 15) is 4.79 Å². The van der Waals surface area contributed by atoms with E-state index in [4.69, 9.17) is 4.42 Å². The molecule has 0 aliphatic carbocycles. The molecule has 0 bridgehead atoms. The molecule has 1 heterocycles. The average molecular weight is 291 g/mol. The third-order valence-corrected chi connectivity index (χ3v) is 2.94. The Hall–Kier alpha value is -1.61. The lowest BCUT2D eigenvalue weighted by Crippen LogP contribution is -1.87. The molecule has 2 rings (SSSR count). The first kappa shape index (κ1) is 11.9. The maximum Gasteiger partial charge on any atom is 0.150 e. The van der Waals surface area contributed by atoms with Gasteiger partial charge in [-0.1, -0.05) is 34.1 Å². The number of hydrogen-bond donors (Lipinski definition) is 0. The van der Waals surface area contributed by atoms with Gasteiger partial charge < -0.3 is 4.42 Å². The number of aldehydes is 1. The van der Waals surface area contributed by atoms with Crippen molar-refractivity contribution in [3.05, 3.63) is 64.5 Å². The summed E-state index contributed by atoms with van der Waals surface area (Å²) in [6, 6.07) is 11.4. The van der Waals surface area contributed by atoms with Crippen LogP contribution in [0.2, 0.25) is 0 Å². The molecule has 0 N–H and O–H groups in total. The van der Waals surface area contributed by atoms with Crippen LogP contribution < -0.4 is 0 Å². The molecule has 0 unspecified atom stereocenters. The molecular weight excluding hydrogens is 280 g/mol. The Kier molecular flexibility index (Phi) is 3.94. The number of allylic oxidation sites excluding steroid dienone is 2. The van der Waals surface area contributed by atoms with Crippen LogP contribution in [0.3, 0.4) is 0 Å². The van der Waals surface area contributed by atoms with E-state index in [0.29, 0.717) is 12.0 Å². The summed E-state index contributed by atoms with van der Waals surface area (Å²) >= 11 is 3.36. The fourth-order valence-corrected chi connectivity index (χ4v) is 1.78. The molecule has 0 aliphatic rings. The van der Waals surface area contributed by atoms with Gasteiger partial charge in [0.1, 0.15) is 12.0 Å². The fraction of sp³-hybridized carbons (Fsp3) is 0.0714. The van der Waals surface area contributed by atoms with Crippen molar-refractivity contribution in [2.24, 2.45) is 0 Å². The molecule has 1 aromatic heterocycles. The number of rotatable bonds is 4. The maximum absolute atomic E-state index is 11.0. The van der Waals surface area contributed by atoms with Gasteiger partial charge in [-0.15, -0.1) is 0 Å². The van der Waals surface area contributed by atoms with Crippen molar-refractivity contribution < 1.29 is 9.21 Å². The second-order valence-electron chi connectivity index (χ2n) is 3.57. The van der Waals surface area contributed by atoms with E-state index in [2.05, 4.69) is 15.9 Å². The smallest absolute Gasteiger partial charge is 0.150 e. The summed E-state index contributed by atoms with van der Waals surface area (Å²) in [6.45, 7) is 0. The summed E-state index contributed by atoms with van der Waals surface area (Å²) in [6.07, 6.45) is 4.99. The van der Waals surface area contributed by atoms with Gasteiger partial charge >= 0.3 is 0 Å². The summed E-state index contributed by atoms with van der Waals surface area (Å²) < 4.78 is 6.21. The average Bonchev–Trinajstić information content (AvgIpc) is 2.85. The molecule has 2 aromatic rings. The van der Waals surface area contributed by atoms with Gasteiger partial charge in [0.2, 0.25) is 0 Å². The highest BCUT2D eigenvalue weighted by Gasteiger charge is 2.01. The molecule has 0 saturated carbocycles.